The van der Waals surface area contributed by atoms with Crippen molar-refractivity contribution in [2.24, 2.45) is 72.7 Å². The normalized spacial score (nSPS) is 15.9. The van der Waals surface area contributed by atoms with Crippen molar-refractivity contribution in [2.75, 3.05) is 45.9 Å². The van der Waals surface area contributed by atoms with Crippen molar-refractivity contribution in [1.29, 1.82) is 0 Å². The summed E-state index contributed by atoms with van der Waals surface area (Å²) in [6.45, 7) is 4.85. The predicted octanol–water partition coefficient (Wildman–Crippen LogP) is -7.07. The van der Waals surface area contributed by atoms with Gasteiger partial charge in [-0.25, -0.2) is 4.79 Å². The van der Waals surface area contributed by atoms with E-state index in [1.54, 1.807) is 27.7 Å². The Hall–Kier alpha value is -9.69. The Morgan fingerprint density at radius 3 is 1.44 bits per heavy atom. The minimum Gasteiger partial charge on any atom is -0.508 e. The summed E-state index contributed by atoms with van der Waals surface area (Å²) in [5.74, 6) is -13.7. The number of carbonyl (C=O) groups is 12. The average Bonchev–Trinajstić information content (AvgIpc) is 1.77. The van der Waals surface area contributed by atoms with Crippen molar-refractivity contribution in [3.63, 3.8) is 0 Å². The number of nitrogens with two attached hydrogens (primary N) is 8. The summed E-state index contributed by atoms with van der Waals surface area (Å²) < 4.78 is 0. The molecule has 0 unspecified atom stereocenters. The molecule has 30 N–H and O–H groups in total. The lowest BCUT2D eigenvalue weighted by Gasteiger charge is -2.31. The zero-order valence-corrected chi connectivity index (χ0v) is 56.6. The molecule has 1 saturated heterocycles. The predicted molar refractivity (Wildman–Crippen MR) is 362 cm³/mol. The standard InChI is InChI=1S/C61H105N21O17/c1-5-33(4)47(81-48(88)36(63)21-22-46(86)87)56(96)78-41(28-32(2)3)51(91)79-43(30-83)53(93)74-37(13-8-24-70-59(64)65)49(89)75-39(15-10-26-72-61(68)69)57(97)82-27-11-16-45(82)55(95)80-44(31-84)54(94)77-42(29-34-17-19-35(85)20-18-34)52(92)73-38(14-9-25-71-60(66)67)50(90)76-40(58(98)99)12-6-7-23-62/h17-20,32-33,36-45,47,83-85H,5-16,21-31,62-63H2,1-4H3,(H,73,92)(H,74,93)(H,75,89)(H,76,90)(H,77,94)(H,78,96)(H,79,91)(H,80,95)(H,81,88)(H,86,87)(H,98,99)(H4,64,65,70)(H4,66,67,71)(H4,68,69,72)/t33-,36-,37-,38-,39-,40-,41-,42-,43-,44-,45-,47-/m0/s1. The third-order valence-corrected chi connectivity index (χ3v) is 15.9. The fourth-order valence-electron chi connectivity index (χ4n) is 10.3. The molecule has 1 fully saturated rings. The number of phenolic OH excluding ortho intramolecular Hbond substituents is 1. The van der Waals surface area contributed by atoms with Gasteiger partial charge in [0.2, 0.25) is 59.1 Å². The minimum absolute atomic E-state index is 0.000370. The Bertz CT molecular complexity index is 2930. The molecular weight excluding hydrogens is 1300 g/mol. The lowest BCUT2D eigenvalue weighted by Crippen LogP contribution is -2.61. The van der Waals surface area contributed by atoms with Crippen molar-refractivity contribution in [2.45, 2.75) is 197 Å². The van der Waals surface area contributed by atoms with E-state index in [-0.39, 0.29) is 139 Å². The number of nitrogens with zero attached hydrogens (tertiary/aromatic N) is 4. The van der Waals surface area contributed by atoms with Crippen LogP contribution in [0.2, 0.25) is 0 Å². The quantitative estimate of drug-likeness (QED) is 0.0164. The van der Waals surface area contributed by atoms with Gasteiger partial charge in [0.15, 0.2) is 17.9 Å². The van der Waals surface area contributed by atoms with E-state index in [9.17, 15) is 78.0 Å². The van der Waals surface area contributed by atoms with Gasteiger partial charge in [0.25, 0.3) is 0 Å². The summed E-state index contributed by atoms with van der Waals surface area (Å²) in [7, 11) is 0. The number of phenols is 1. The van der Waals surface area contributed by atoms with Gasteiger partial charge in [-0.05, 0) is 120 Å². The molecule has 0 bridgehead atoms. The smallest absolute Gasteiger partial charge is 0.326 e. The highest BCUT2D eigenvalue weighted by molar-refractivity contribution is 5.99. The van der Waals surface area contributed by atoms with Crippen molar-refractivity contribution < 1.29 is 83.1 Å². The maximum absolute atomic E-state index is 14.8. The Kier molecular flexibility index (Phi) is 38.8. The van der Waals surface area contributed by atoms with E-state index in [0.717, 1.165) is 4.90 Å². The van der Waals surface area contributed by atoms with Crippen LogP contribution in [0.1, 0.15) is 130 Å². The van der Waals surface area contributed by atoms with E-state index in [2.05, 4.69) is 62.8 Å². The van der Waals surface area contributed by atoms with Gasteiger partial charge in [-0.2, -0.15) is 0 Å². The second kappa shape index (κ2) is 45.0. The van der Waals surface area contributed by atoms with Crippen LogP contribution >= 0.6 is 0 Å². The maximum atomic E-state index is 14.8. The lowest BCUT2D eigenvalue weighted by molar-refractivity contribution is -0.143. The number of aromatic hydroxyl groups is 1. The van der Waals surface area contributed by atoms with Crippen LogP contribution in [0.25, 0.3) is 0 Å². The van der Waals surface area contributed by atoms with Gasteiger partial charge < -0.3 is 124 Å². The van der Waals surface area contributed by atoms with Gasteiger partial charge in [0.1, 0.15) is 66.2 Å². The second-order valence-corrected chi connectivity index (χ2v) is 24.4. The van der Waals surface area contributed by atoms with Crippen molar-refractivity contribution >= 4 is 88.9 Å². The first-order valence-corrected chi connectivity index (χ1v) is 32.9. The zero-order chi connectivity index (χ0) is 74.5. The number of aliphatic carboxylic acids is 2. The number of aliphatic imine (C=N–C) groups is 3. The van der Waals surface area contributed by atoms with Gasteiger partial charge in [0, 0.05) is 39.0 Å². The van der Waals surface area contributed by atoms with Crippen molar-refractivity contribution in [1.82, 2.24) is 52.8 Å². The molecule has 1 aliphatic rings. The number of nitrogens with one attached hydrogen (secondary N) is 9. The van der Waals surface area contributed by atoms with Crippen LogP contribution in [0.4, 0.5) is 0 Å². The molecule has 38 nitrogen and oxygen atoms in total. The van der Waals surface area contributed by atoms with Crippen LogP contribution < -0.4 is 93.7 Å². The number of aliphatic hydroxyl groups excluding tert-OH is 2. The molecule has 0 aliphatic carbocycles. The first-order valence-electron chi connectivity index (χ1n) is 32.9. The van der Waals surface area contributed by atoms with E-state index in [1.807, 2.05) is 0 Å². The van der Waals surface area contributed by atoms with Gasteiger partial charge in [-0.1, -0.05) is 46.2 Å². The van der Waals surface area contributed by atoms with Crippen LogP contribution in [0.15, 0.2) is 39.2 Å². The molecule has 1 aliphatic heterocycles. The lowest BCUT2D eigenvalue weighted by atomic mass is 9.96. The summed E-state index contributed by atoms with van der Waals surface area (Å²) in [4.78, 5) is 177. The number of hydrogen-bond donors (Lipinski definition) is 22. The number of unbranched alkanes of at least 4 members (excludes halogenated alkanes) is 1. The molecule has 0 radical (unpaired) electrons. The summed E-state index contributed by atoms with van der Waals surface area (Å²) in [5.41, 5.74) is 45.0. The van der Waals surface area contributed by atoms with Gasteiger partial charge >= 0.3 is 11.9 Å². The number of hydrogen-bond acceptors (Lipinski definition) is 20. The molecule has 38 heteroatoms. The van der Waals surface area contributed by atoms with Crippen LogP contribution in [-0.2, 0) is 64.0 Å². The molecule has 1 heterocycles. The summed E-state index contributed by atoms with van der Waals surface area (Å²) in [6, 6.07) is -10.7. The van der Waals surface area contributed by atoms with E-state index in [4.69, 9.17) is 51.0 Å². The molecule has 12 atom stereocenters. The molecular formula is C61H105N21O17. The fourth-order valence-corrected chi connectivity index (χ4v) is 10.3. The van der Waals surface area contributed by atoms with Gasteiger partial charge in [0.05, 0.1) is 19.3 Å². The molecule has 99 heavy (non-hydrogen) atoms. The monoisotopic (exact) mass is 1400 g/mol. The number of amides is 10. The number of carboxylic acid groups (broad SMARTS) is 2. The number of likely N-dealkylation sites (tertiary alicyclic amines) is 1. The van der Waals surface area contributed by atoms with Gasteiger partial charge in [-0.15, -0.1) is 0 Å². The number of guanidine groups is 3. The molecule has 556 valence electrons. The third kappa shape index (κ3) is 32.0. The highest BCUT2D eigenvalue weighted by Crippen LogP contribution is 2.21. The maximum Gasteiger partial charge on any atom is 0.326 e. The Balaban J connectivity index is 2.52. The molecule has 1 aromatic carbocycles. The molecule has 10 amide bonds. The molecule has 2 rings (SSSR count). The highest BCUT2D eigenvalue weighted by atomic mass is 16.4. The zero-order valence-electron chi connectivity index (χ0n) is 56.6. The number of benzene rings is 1. The Morgan fingerprint density at radius 1 is 0.535 bits per heavy atom. The van der Waals surface area contributed by atoms with E-state index in [0.29, 0.717) is 24.8 Å². The molecule has 0 aromatic heterocycles. The Morgan fingerprint density at radius 2 is 0.970 bits per heavy atom. The molecule has 1 aromatic rings. The highest BCUT2D eigenvalue weighted by Gasteiger charge is 2.41. The van der Waals surface area contributed by atoms with E-state index < -0.39 is 163 Å². The van der Waals surface area contributed by atoms with Crippen LogP contribution in [0.5, 0.6) is 5.75 Å². The number of rotatable bonds is 47. The largest absolute Gasteiger partial charge is 0.508 e. The Labute approximate surface area is 574 Å². The molecule has 0 spiro atoms. The van der Waals surface area contributed by atoms with E-state index in [1.165, 1.54) is 24.3 Å². The topological polar surface area (TPSA) is 663 Å². The summed E-state index contributed by atoms with van der Waals surface area (Å²) in [6.07, 6.45) is 0.0857. The SMILES string of the molecule is CC[C@H](C)[C@H](NC(=O)[C@@H](N)CCC(=O)O)C(=O)N[C@@H](CC(C)C)C(=O)N[C@@H](CO)C(=O)N[C@@H](CCCN=C(N)N)C(=O)N[C@@H](CCCN=C(N)N)C(=O)N1CCC[C@H]1C(=O)N[C@@H](CO)C(=O)N[C@@H](Cc1ccc(O)cc1)C(=O)N[C@@H](CCCN=C(N)N)C(=O)N[C@@H](CCCCN)C(=O)O. The third-order valence-electron chi connectivity index (χ3n) is 15.9. The minimum atomic E-state index is -1.80. The van der Waals surface area contributed by atoms with Crippen molar-refractivity contribution in [3.8, 4) is 5.75 Å². The average molecular weight is 1400 g/mol. The second-order valence-electron chi connectivity index (χ2n) is 24.4. The first kappa shape index (κ1) is 85.4. The number of carbonyl (C=O) groups excluding carboxylic acids is 10. The summed E-state index contributed by atoms with van der Waals surface area (Å²) >= 11 is 0. The number of aliphatic hydroxyl groups is 2. The summed E-state index contributed by atoms with van der Waals surface area (Å²) in [5, 5.41) is 72.9. The first-order chi connectivity index (χ1) is 46.8. The van der Waals surface area contributed by atoms with E-state index >= 15 is 0 Å². The van der Waals surface area contributed by atoms with Crippen molar-refractivity contribution in [3.05, 3.63) is 29.8 Å². The van der Waals surface area contributed by atoms with Crippen LogP contribution in [0.3, 0.4) is 0 Å². The van der Waals surface area contributed by atoms with Gasteiger partial charge in [-0.3, -0.25) is 67.7 Å². The fraction of sp³-hybridized carbons (Fsp3) is 0.656. The molecule has 0 saturated carbocycles. The number of carboxylic acids is 2. The van der Waals surface area contributed by atoms with Crippen LogP contribution in [-0.4, -0.2) is 232 Å². The van der Waals surface area contributed by atoms with Crippen LogP contribution in [0, 0.1) is 11.8 Å².